The molecule has 0 heterocycles. The molecule has 2 nitrogen and oxygen atoms in total. The summed E-state index contributed by atoms with van der Waals surface area (Å²) in [5.41, 5.74) is 1.30. The van der Waals surface area contributed by atoms with Crippen LogP contribution < -0.4 is 5.32 Å². The second-order valence-corrected chi connectivity index (χ2v) is 7.29. The Balaban J connectivity index is 2.50. The van der Waals surface area contributed by atoms with Crippen LogP contribution >= 0.6 is 15.9 Å². The summed E-state index contributed by atoms with van der Waals surface area (Å²) in [6.45, 7) is 5.13. The molecular weight excluding hydrogens is 310 g/mol. The Morgan fingerprint density at radius 2 is 2.17 bits per heavy atom. The Bertz CT molecular complexity index is 397. The zero-order valence-corrected chi connectivity index (χ0v) is 13.7. The molecule has 1 N–H and O–H groups in total. The van der Waals surface area contributed by atoms with Gasteiger partial charge in [0, 0.05) is 32.8 Å². The van der Waals surface area contributed by atoms with E-state index in [0.717, 1.165) is 23.9 Å². The quantitative estimate of drug-likeness (QED) is 0.826. The van der Waals surface area contributed by atoms with Gasteiger partial charge >= 0.3 is 0 Å². The van der Waals surface area contributed by atoms with Crippen molar-refractivity contribution in [1.82, 2.24) is 5.32 Å². The van der Waals surface area contributed by atoms with Gasteiger partial charge in [-0.1, -0.05) is 41.9 Å². The molecule has 1 rings (SSSR count). The molecule has 1 aromatic rings. The molecule has 0 aliphatic heterocycles. The lowest BCUT2D eigenvalue weighted by Crippen LogP contribution is -2.25. The van der Waals surface area contributed by atoms with Crippen LogP contribution in [-0.2, 0) is 10.8 Å². The van der Waals surface area contributed by atoms with Gasteiger partial charge in [0.05, 0.1) is 0 Å². The average Bonchev–Trinajstić information content (AvgIpc) is 2.34. The highest BCUT2D eigenvalue weighted by atomic mass is 79.9. The van der Waals surface area contributed by atoms with Crippen molar-refractivity contribution in [1.29, 1.82) is 0 Å². The predicted octanol–water partition coefficient (Wildman–Crippen LogP) is 3.65. The summed E-state index contributed by atoms with van der Waals surface area (Å²) in [5.74, 6) is 0. The van der Waals surface area contributed by atoms with Gasteiger partial charge in [-0.15, -0.1) is 0 Å². The highest BCUT2D eigenvalue weighted by molar-refractivity contribution is 9.10. The molecule has 3 unspecified atom stereocenters. The molecule has 102 valence electrons. The first kappa shape index (κ1) is 15.9. The molecule has 18 heavy (non-hydrogen) atoms. The first-order valence-electron chi connectivity index (χ1n) is 6.35. The standard InChI is InChI=1S/C14H22BrNOS/c1-4-14(12-6-5-7-13(15)10-12)16-9-8-11(2)18(3)17/h5-7,10-11,14,16H,4,8-9H2,1-3H3. The second-order valence-electron chi connectivity index (χ2n) is 4.57. The second kappa shape index (κ2) is 8.08. The van der Waals surface area contributed by atoms with Crippen LogP contribution in [0, 0.1) is 0 Å². The Kier molecular flexibility index (Phi) is 7.12. The van der Waals surface area contributed by atoms with Crippen molar-refractivity contribution in [3.63, 3.8) is 0 Å². The van der Waals surface area contributed by atoms with Gasteiger partial charge in [0.15, 0.2) is 0 Å². The van der Waals surface area contributed by atoms with Gasteiger partial charge in [-0.05, 0) is 37.1 Å². The van der Waals surface area contributed by atoms with Crippen LogP contribution in [0.5, 0.6) is 0 Å². The minimum absolute atomic E-state index is 0.262. The third-order valence-electron chi connectivity index (χ3n) is 3.17. The lowest BCUT2D eigenvalue weighted by molar-refractivity contribution is 0.508. The number of nitrogens with one attached hydrogen (secondary N) is 1. The van der Waals surface area contributed by atoms with Gasteiger partial charge in [-0.2, -0.15) is 0 Å². The Morgan fingerprint density at radius 3 is 2.72 bits per heavy atom. The highest BCUT2D eigenvalue weighted by Crippen LogP contribution is 2.20. The first-order valence-corrected chi connectivity index (χ1v) is 8.77. The molecule has 0 bridgehead atoms. The van der Waals surface area contributed by atoms with Crippen LogP contribution in [0.25, 0.3) is 0 Å². The summed E-state index contributed by atoms with van der Waals surface area (Å²) < 4.78 is 12.4. The Morgan fingerprint density at radius 1 is 1.44 bits per heavy atom. The fourth-order valence-electron chi connectivity index (χ4n) is 1.85. The fraction of sp³-hybridized carbons (Fsp3) is 0.571. The van der Waals surface area contributed by atoms with Crippen molar-refractivity contribution in [2.45, 2.75) is 38.0 Å². The lowest BCUT2D eigenvalue weighted by atomic mass is 10.0. The smallest absolute Gasteiger partial charge is 0.0329 e. The molecule has 0 radical (unpaired) electrons. The lowest BCUT2D eigenvalue weighted by Gasteiger charge is -2.18. The van der Waals surface area contributed by atoms with E-state index in [1.54, 1.807) is 6.26 Å². The number of halogens is 1. The Labute approximate surface area is 121 Å². The molecule has 0 aliphatic carbocycles. The van der Waals surface area contributed by atoms with E-state index in [2.05, 4.69) is 46.4 Å². The minimum Gasteiger partial charge on any atom is -0.310 e. The van der Waals surface area contributed by atoms with E-state index in [0.29, 0.717) is 6.04 Å². The highest BCUT2D eigenvalue weighted by Gasteiger charge is 2.10. The van der Waals surface area contributed by atoms with Crippen LogP contribution in [0.15, 0.2) is 28.7 Å². The van der Waals surface area contributed by atoms with E-state index in [-0.39, 0.29) is 5.25 Å². The molecule has 0 saturated heterocycles. The van der Waals surface area contributed by atoms with Crippen LogP contribution in [-0.4, -0.2) is 22.3 Å². The third-order valence-corrected chi connectivity index (χ3v) is 5.03. The van der Waals surface area contributed by atoms with E-state index in [9.17, 15) is 4.21 Å². The predicted molar refractivity (Wildman–Crippen MR) is 83.3 cm³/mol. The zero-order chi connectivity index (χ0) is 13.5. The van der Waals surface area contributed by atoms with Crippen molar-refractivity contribution >= 4 is 26.7 Å². The molecule has 4 heteroatoms. The zero-order valence-electron chi connectivity index (χ0n) is 11.3. The summed E-state index contributed by atoms with van der Waals surface area (Å²) >= 11 is 3.50. The number of hydrogen-bond acceptors (Lipinski definition) is 2. The number of benzene rings is 1. The molecule has 0 saturated carbocycles. The van der Waals surface area contributed by atoms with E-state index in [1.165, 1.54) is 5.56 Å². The molecule has 0 amide bonds. The molecule has 1 aromatic carbocycles. The van der Waals surface area contributed by atoms with Gasteiger partial charge in [-0.3, -0.25) is 4.21 Å². The number of hydrogen-bond donors (Lipinski definition) is 1. The summed E-state index contributed by atoms with van der Waals surface area (Å²) in [4.78, 5) is 0. The molecule has 0 aliphatic rings. The van der Waals surface area contributed by atoms with E-state index >= 15 is 0 Å². The topological polar surface area (TPSA) is 29.1 Å². The van der Waals surface area contributed by atoms with Gasteiger partial charge in [0.1, 0.15) is 0 Å². The summed E-state index contributed by atoms with van der Waals surface area (Å²) in [5, 5.41) is 3.81. The van der Waals surface area contributed by atoms with E-state index in [4.69, 9.17) is 0 Å². The van der Waals surface area contributed by atoms with Crippen LogP contribution in [0.1, 0.15) is 38.3 Å². The van der Waals surface area contributed by atoms with Crippen molar-refractivity contribution < 1.29 is 4.21 Å². The number of rotatable bonds is 7. The monoisotopic (exact) mass is 331 g/mol. The Hall–Kier alpha value is -0.190. The molecule has 0 fully saturated rings. The van der Waals surface area contributed by atoms with E-state index in [1.807, 2.05) is 13.0 Å². The molecular formula is C14H22BrNOS. The summed E-state index contributed by atoms with van der Waals surface area (Å²) in [6, 6.07) is 8.78. The summed E-state index contributed by atoms with van der Waals surface area (Å²) in [7, 11) is -0.723. The van der Waals surface area contributed by atoms with Crippen LogP contribution in [0.3, 0.4) is 0 Å². The third kappa shape index (κ3) is 5.21. The van der Waals surface area contributed by atoms with Crippen molar-refractivity contribution in [2.75, 3.05) is 12.8 Å². The van der Waals surface area contributed by atoms with Gasteiger partial charge < -0.3 is 5.32 Å². The largest absolute Gasteiger partial charge is 0.310 e. The van der Waals surface area contributed by atoms with Crippen molar-refractivity contribution in [3.05, 3.63) is 34.3 Å². The van der Waals surface area contributed by atoms with Crippen molar-refractivity contribution in [2.24, 2.45) is 0 Å². The maximum absolute atomic E-state index is 11.3. The van der Waals surface area contributed by atoms with Gasteiger partial charge in [0.25, 0.3) is 0 Å². The van der Waals surface area contributed by atoms with Crippen LogP contribution in [0.2, 0.25) is 0 Å². The average molecular weight is 332 g/mol. The van der Waals surface area contributed by atoms with Crippen LogP contribution in [0.4, 0.5) is 0 Å². The molecule has 3 atom stereocenters. The fourth-order valence-corrected chi connectivity index (χ4v) is 2.71. The summed E-state index contributed by atoms with van der Waals surface area (Å²) in [6.07, 6.45) is 3.78. The SMILES string of the molecule is CCC(NCCC(C)S(C)=O)c1cccc(Br)c1. The van der Waals surface area contributed by atoms with Crippen molar-refractivity contribution in [3.8, 4) is 0 Å². The van der Waals surface area contributed by atoms with E-state index < -0.39 is 10.8 Å². The van der Waals surface area contributed by atoms with Gasteiger partial charge in [0.2, 0.25) is 0 Å². The molecule has 0 spiro atoms. The minimum atomic E-state index is -0.723. The normalized spacial score (nSPS) is 16.2. The maximum Gasteiger partial charge on any atom is 0.0329 e. The first-order chi connectivity index (χ1) is 8.54. The maximum atomic E-state index is 11.3. The van der Waals surface area contributed by atoms with Gasteiger partial charge in [-0.25, -0.2) is 0 Å². The molecule has 0 aromatic heterocycles.